The summed E-state index contributed by atoms with van der Waals surface area (Å²) in [6, 6.07) is 0. The number of allylic oxidation sites excluding steroid dienone is 1. The molecule has 1 rings (SSSR count). The number of hydrogen-bond acceptors (Lipinski definition) is 2. The van der Waals surface area contributed by atoms with Crippen LogP contribution < -0.4 is 0 Å². The molecule has 1 aliphatic rings. The summed E-state index contributed by atoms with van der Waals surface area (Å²) in [5.41, 5.74) is 1.31. The van der Waals surface area contributed by atoms with Gasteiger partial charge in [-0.05, 0) is 25.7 Å². The van der Waals surface area contributed by atoms with Crippen LogP contribution in [0.5, 0.6) is 0 Å². The van der Waals surface area contributed by atoms with Gasteiger partial charge in [-0.25, -0.2) is 0 Å². The second kappa shape index (κ2) is 5.39. The molecular formula is C14H24OS. The molecule has 0 N–H and O–H groups in total. The second-order valence-electron chi connectivity index (χ2n) is 5.91. The highest BCUT2D eigenvalue weighted by Crippen LogP contribution is 2.31. The van der Waals surface area contributed by atoms with Gasteiger partial charge in [-0.15, -0.1) is 11.8 Å². The van der Waals surface area contributed by atoms with Crippen LogP contribution in [-0.2, 0) is 4.79 Å². The summed E-state index contributed by atoms with van der Waals surface area (Å²) in [4.78, 5) is 11.8. The molecule has 0 aromatic heterocycles. The first-order valence-corrected chi connectivity index (χ1v) is 7.19. The number of thioether (sulfide) groups is 1. The Labute approximate surface area is 104 Å². The molecule has 0 heterocycles. The van der Waals surface area contributed by atoms with E-state index in [-0.39, 0.29) is 5.41 Å². The first kappa shape index (κ1) is 13.8. The Balaban J connectivity index is 2.43. The number of Topliss-reactive ketones (excluding diaryl/α,β-unsaturated/α-hetero) is 1. The third kappa shape index (κ3) is 3.97. The Bertz CT molecular complexity index is 286. The fraction of sp³-hybridized carbons (Fsp3) is 0.786. The first-order valence-electron chi connectivity index (χ1n) is 6.14. The molecule has 2 unspecified atom stereocenters. The van der Waals surface area contributed by atoms with Crippen molar-refractivity contribution in [2.75, 3.05) is 5.75 Å². The Hall–Kier alpha value is -0.240. The van der Waals surface area contributed by atoms with E-state index >= 15 is 0 Å². The summed E-state index contributed by atoms with van der Waals surface area (Å²) in [5.74, 6) is 1.75. The van der Waals surface area contributed by atoms with E-state index < -0.39 is 0 Å². The van der Waals surface area contributed by atoms with Crippen LogP contribution in [0.3, 0.4) is 0 Å². The van der Waals surface area contributed by atoms with Crippen molar-refractivity contribution in [1.82, 2.24) is 0 Å². The van der Waals surface area contributed by atoms with Gasteiger partial charge in [0.15, 0.2) is 0 Å². The van der Waals surface area contributed by atoms with E-state index in [1.54, 1.807) is 0 Å². The van der Waals surface area contributed by atoms with Gasteiger partial charge < -0.3 is 0 Å². The summed E-state index contributed by atoms with van der Waals surface area (Å²) < 4.78 is 0. The molecule has 0 bridgehead atoms. The lowest BCUT2D eigenvalue weighted by Gasteiger charge is -2.25. The molecule has 0 fully saturated rings. The smallest absolute Gasteiger partial charge is 0.148 e. The van der Waals surface area contributed by atoms with Crippen LogP contribution in [0.25, 0.3) is 0 Å². The van der Waals surface area contributed by atoms with E-state index in [2.05, 4.69) is 19.9 Å². The van der Waals surface area contributed by atoms with Gasteiger partial charge in [-0.1, -0.05) is 39.3 Å². The molecule has 0 aromatic rings. The summed E-state index contributed by atoms with van der Waals surface area (Å²) in [5, 5.41) is 0.558. The predicted octanol–water partition coefficient (Wildman–Crippen LogP) is 4.08. The average molecular weight is 240 g/mol. The van der Waals surface area contributed by atoms with Crippen LogP contribution in [0.2, 0.25) is 0 Å². The van der Waals surface area contributed by atoms with Crippen LogP contribution in [0.15, 0.2) is 11.6 Å². The van der Waals surface area contributed by atoms with Crippen molar-refractivity contribution in [2.24, 2.45) is 11.3 Å². The highest BCUT2D eigenvalue weighted by molar-refractivity contribution is 8.00. The molecule has 16 heavy (non-hydrogen) atoms. The van der Waals surface area contributed by atoms with Crippen molar-refractivity contribution in [3.05, 3.63) is 11.6 Å². The Morgan fingerprint density at radius 2 is 2.06 bits per heavy atom. The molecular weight excluding hydrogens is 216 g/mol. The topological polar surface area (TPSA) is 17.1 Å². The zero-order valence-electron chi connectivity index (χ0n) is 11.2. The lowest BCUT2D eigenvalue weighted by atomic mass is 9.90. The maximum atomic E-state index is 11.8. The summed E-state index contributed by atoms with van der Waals surface area (Å²) >= 11 is 1.81. The molecule has 0 saturated carbocycles. The minimum atomic E-state index is -0.187. The van der Waals surface area contributed by atoms with E-state index in [1.165, 1.54) is 18.4 Å². The first-order chi connectivity index (χ1) is 7.30. The molecule has 0 saturated heterocycles. The molecule has 1 nitrogen and oxygen atoms in total. The Morgan fingerprint density at radius 3 is 2.56 bits per heavy atom. The van der Waals surface area contributed by atoms with E-state index in [1.807, 2.05) is 32.5 Å². The van der Waals surface area contributed by atoms with Crippen LogP contribution in [0.1, 0.15) is 47.5 Å². The fourth-order valence-corrected chi connectivity index (χ4v) is 3.13. The van der Waals surface area contributed by atoms with Crippen molar-refractivity contribution >= 4 is 17.5 Å². The van der Waals surface area contributed by atoms with Crippen LogP contribution in [0.4, 0.5) is 0 Å². The zero-order chi connectivity index (χ0) is 12.3. The monoisotopic (exact) mass is 240 g/mol. The molecule has 2 atom stereocenters. The number of carbonyl (C=O) groups excluding carboxylic acids is 1. The summed E-state index contributed by atoms with van der Waals surface area (Å²) in [6.45, 7) is 10.5. The molecule has 92 valence electrons. The third-order valence-corrected chi connectivity index (χ3v) is 4.60. The van der Waals surface area contributed by atoms with E-state index in [0.29, 0.717) is 16.8 Å². The van der Waals surface area contributed by atoms with Crippen molar-refractivity contribution in [3.63, 3.8) is 0 Å². The molecule has 0 aromatic carbocycles. The van der Waals surface area contributed by atoms with Crippen molar-refractivity contribution in [3.8, 4) is 0 Å². The van der Waals surface area contributed by atoms with Crippen molar-refractivity contribution in [2.45, 2.75) is 52.7 Å². The second-order valence-corrected chi connectivity index (χ2v) is 7.14. The molecule has 0 amide bonds. The third-order valence-electron chi connectivity index (χ3n) is 3.38. The number of ketones is 1. The minimum absolute atomic E-state index is 0.187. The van der Waals surface area contributed by atoms with Gasteiger partial charge in [-0.3, -0.25) is 4.79 Å². The van der Waals surface area contributed by atoms with Gasteiger partial charge in [0, 0.05) is 10.7 Å². The zero-order valence-corrected chi connectivity index (χ0v) is 12.0. The van der Waals surface area contributed by atoms with Crippen molar-refractivity contribution in [1.29, 1.82) is 0 Å². The van der Waals surface area contributed by atoms with Gasteiger partial charge in [0.05, 0.1) is 5.75 Å². The normalized spacial score (nSPS) is 26.4. The Kier molecular flexibility index (Phi) is 4.66. The summed E-state index contributed by atoms with van der Waals surface area (Å²) in [7, 11) is 0. The fourth-order valence-electron chi connectivity index (χ4n) is 1.71. The SMILES string of the molecule is CC1=CC(SCC(=O)C(C)(C)C)CCC1C. The highest BCUT2D eigenvalue weighted by atomic mass is 32.2. The number of rotatable bonds is 3. The number of carbonyl (C=O) groups is 1. The molecule has 0 radical (unpaired) electrons. The molecule has 0 aliphatic heterocycles. The molecule has 1 aliphatic carbocycles. The van der Waals surface area contributed by atoms with E-state index in [0.717, 1.165) is 5.92 Å². The van der Waals surface area contributed by atoms with E-state index in [4.69, 9.17) is 0 Å². The summed E-state index contributed by atoms with van der Waals surface area (Å²) in [6.07, 6.45) is 4.85. The average Bonchev–Trinajstić information content (AvgIpc) is 2.18. The maximum Gasteiger partial charge on any atom is 0.148 e. The van der Waals surface area contributed by atoms with Gasteiger partial charge in [-0.2, -0.15) is 0 Å². The van der Waals surface area contributed by atoms with Crippen LogP contribution in [-0.4, -0.2) is 16.8 Å². The standard InChI is InChI=1S/C14H24OS/c1-10-6-7-12(8-11(10)2)16-9-13(15)14(3,4)5/h8,10,12H,6-7,9H2,1-5H3. The lowest BCUT2D eigenvalue weighted by Crippen LogP contribution is -2.23. The Morgan fingerprint density at radius 1 is 1.44 bits per heavy atom. The largest absolute Gasteiger partial charge is 0.298 e. The lowest BCUT2D eigenvalue weighted by molar-refractivity contribution is -0.123. The van der Waals surface area contributed by atoms with E-state index in [9.17, 15) is 4.79 Å². The predicted molar refractivity (Wildman–Crippen MR) is 72.9 cm³/mol. The van der Waals surface area contributed by atoms with Gasteiger partial charge in [0.2, 0.25) is 0 Å². The minimum Gasteiger partial charge on any atom is -0.298 e. The van der Waals surface area contributed by atoms with Crippen LogP contribution in [0, 0.1) is 11.3 Å². The van der Waals surface area contributed by atoms with Gasteiger partial charge in [0.25, 0.3) is 0 Å². The quantitative estimate of drug-likeness (QED) is 0.691. The maximum absolute atomic E-state index is 11.8. The van der Waals surface area contributed by atoms with Crippen LogP contribution >= 0.6 is 11.8 Å². The molecule has 2 heteroatoms. The van der Waals surface area contributed by atoms with Gasteiger partial charge in [0.1, 0.15) is 5.78 Å². The van der Waals surface area contributed by atoms with Gasteiger partial charge >= 0.3 is 0 Å². The highest BCUT2D eigenvalue weighted by Gasteiger charge is 2.23. The molecule has 0 spiro atoms. The van der Waals surface area contributed by atoms with Crippen molar-refractivity contribution < 1.29 is 4.79 Å². The number of hydrogen-bond donors (Lipinski definition) is 0.